The predicted octanol–water partition coefficient (Wildman–Crippen LogP) is 2.10. The molecule has 5 heteroatoms. The second kappa shape index (κ2) is 5.16. The molecular formula is C10H17F3O2. The average molecular weight is 226 g/mol. The van der Waals surface area contributed by atoms with Crippen molar-refractivity contribution in [3.05, 3.63) is 0 Å². The van der Waals surface area contributed by atoms with E-state index in [0.717, 1.165) is 12.8 Å². The Morgan fingerprint density at radius 1 is 1.20 bits per heavy atom. The van der Waals surface area contributed by atoms with Gasteiger partial charge in [0.1, 0.15) is 0 Å². The van der Waals surface area contributed by atoms with Gasteiger partial charge in [-0.15, -0.1) is 0 Å². The Kier molecular flexibility index (Phi) is 4.40. The molecule has 0 saturated heterocycles. The number of hydrogen-bond donors (Lipinski definition) is 2. The highest BCUT2D eigenvalue weighted by atomic mass is 19.4. The lowest BCUT2D eigenvalue weighted by Gasteiger charge is -2.35. The van der Waals surface area contributed by atoms with E-state index >= 15 is 0 Å². The maximum Gasteiger partial charge on any atom is 0.392 e. The molecule has 0 spiro atoms. The van der Waals surface area contributed by atoms with E-state index in [-0.39, 0.29) is 6.42 Å². The highest BCUT2D eigenvalue weighted by molar-refractivity contribution is 4.84. The van der Waals surface area contributed by atoms with Gasteiger partial charge >= 0.3 is 6.18 Å². The van der Waals surface area contributed by atoms with Crippen molar-refractivity contribution < 1.29 is 23.4 Å². The van der Waals surface area contributed by atoms with E-state index in [0.29, 0.717) is 12.8 Å². The van der Waals surface area contributed by atoms with E-state index in [9.17, 15) is 18.3 Å². The molecule has 0 radical (unpaired) electrons. The lowest BCUT2D eigenvalue weighted by molar-refractivity contribution is -0.206. The van der Waals surface area contributed by atoms with Crippen molar-refractivity contribution in [3.8, 4) is 0 Å². The molecule has 0 unspecified atom stereocenters. The van der Waals surface area contributed by atoms with E-state index in [1.54, 1.807) is 0 Å². The molecule has 3 atom stereocenters. The van der Waals surface area contributed by atoms with Gasteiger partial charge in [-0.2, -0.15) is 13.2 Å². The van der Waals surface area contributed by atoms with Crippen molar-refractivity contribution >= 4 is 0 Å². The fourth-order valence-electron chi connectivity index (χ4n) is 2.37. The predicted molar refractivity (Wildman–Crippen MR) is 49.2 cm³/mol. The number of halogens is 3. The van der Waals surface area contributed by atoms with Crippen LogP contribution in [0, 0.1) is 11.8 Å². The van der Waals surface area contributed by atoms with Crippen molar-refractivity contribution in [2.75, 3.05) is 6.61 Å². The van der Waals surface area contributed by atoms with Crippen LogP contribution in [0.25, 0.3) is 0 Å². The standard InChI is InChI=1S/C10H17F3O2/c11-10(12,13)8(5-6-14)7-3-1-2-4-9(7)15/h7-9,14-15H,1-6H2/t7-,8-,9-/m1/s1. The number of hydrogen-bond acceptors (Lipinski definition) is 2. The third-order valence-electron chi connectivity index (χ3n) is 3.16. The summed E-state index contributed by atoms with van der Waals surface area (Å²) in [5.41, 5.74) is 0. The van der Waals surface area contributed by atoms with Crippen LogP contribution in [-0.2, 0) is 0 Å². The molecule has 0 aromatic heterocycles. The van der Waals surface area contributed by atoms with E-state index in [1.807, 2.05) is 0 Å². The minimum absolute atomic E-state index is 0.300. The van der Waals surface area contributed by atoms with Crippen LogP contribution in [-0.4, -0.2) is 29.1 Å². The number of aliphatic hydroxyl groups excluding tert-OH is 2. The first-order chi connectivity index (χ1) is 6.96. The monoisotopic (exact) mass is 226 g/mol. The lowest BCUT2D eigenvalue weighted by atomic mass is 9.76. The summed E-state index contributed by atoms with van der Waals surface area (Å²) < 4.78 is 37.9. The Morgan fingerprint density at radius 2 is 1.80 bits per heavy atom. The molecule has 1 rings (SSSR count). The first-order valence-corrected chi connectivity index (χ1v) is 5.32. The third-order valence-corrected chi connectivity index (χ3v) is 3.16. The van der Waals surface area contributed by atoms with E-state index < -0.39 is 30.7 Å². The van der Waals surface area contributed by atoms with Gasteiger partial charge in [0.25, 0.3) is 0 Å². The fraction of sp³-hybridized carbons (Fsp3) is 1.00. The Balaban J connectivity index is 2.69. The Hall–Kier alpha value is -0.290. The topological polar surface area (TPSA) is 40.5 Å². The SMILES string of the molecule is OCC[C@H]([C@H]1CCCC[C@H]1O)C(F)(F)F. The zero-order chi connectivity index (χ0) is 11.5. The summed E-state index contributed by atoms with van der Waals surface area (Å²) in [5, 5.41) is 18.2. The van der Waals surface area contributed by atoms with Crippen LogP contribution in [0.2, 0.25) is 0 Å². The Labute approximate surface area is 87.1 Å². The van der Waals surface area contributed by atoms with Gasteiger partial charge in [0.05, 0.1) is 12.0 Å². The number of aliphatic hydroxyl groups is 2. The molecule has 0 heterocycles. The van der Waals surface area contributed by atoms with Crippen LogP contribution in [0.3, 0.4) is 0 Å². The molecule has 2 nitrogen and oxygen atoms in total. The molecule has 1 saturated carbocycles. The molecule has 1 fully saturated rings. The van der Waals surface area contributed by atoms with Gasteiger partial charge in [0, 0.05) is 6.61 Å². The maximum atomic E-state index is 12.6. The van der Waals surface area contributed by atoms with Crippen LogP contribution < -0.4 is 0 Å². The average Bonchev–Trinajstić information content (AvgIpc) is 2.14. The van der Waals surface area contributed by atoms with Crippen LogP contribution >= 0.6 is 0 Å². The van der Waals surface area contributed by atoms with Crippen molar-refractivity contribution in [3.63, 3.8) is 0 Å². The molecule has 0 aromatic rings. The van der Waals surface area contributed by atoms with Gasteiger partial charge in [-0.05, 0) is 25.2 Å². The summed E-state index contributed by atoms with van der Waals surface area (Å²) in [4.78, 5) is 0. The molecule has 1 aliphatic carbocycles. The summed E-state index contributed by atoms with van der Waals surface area (Å²) in [5.74, 6) is -2.29. The highest BCUT2D eigenvalue weighted by Crippen LogP contribution is 2.41. The van der Waals surface area contributed by atoms with Crippen molar-refractivity contribution in [2.45, 2.75) is 44.4 Å². The number of alkyl halides is 3. The van der Waals surface area contributed by atoms with Crippen LogP contribution in [0.4, 0.5) is 13.2 Å². The quantitative estimate of drug-likeness (QED) is 0.773. The Morgan fingerprint density at radius 3 is 2.27 bits per heavy atom. The summed E-state index contributed by atoms with van der Waals surface area (Å²) in [6.07, 6.45) is -3.09. The lowest BCUT2D eigenvalue weighted by Crippen LogP contribution is -2.39. The van der Waals surface area contributed by atoms with Gasteiger partial charge < -0.3 is 10.2 Å². The molecule has 0 aliphatic heterocycles. The Bertz CT molecular complexity index is 194. The second-order valence-corrected chi connectivity index (χ2v) is 4.18. The molecule has 2 N–H and O–H groups in total. The maximum absolute atomic E-state index is 12.6. The van der Waals surface area contributed by atoms with Gasteiger partial charge in [-0.3, -0.25) is 0 Å². The van der Waals surface area contributed by atoms with Crippen LogP contribution in [0.5, 0.6) is 0 Å². The minimum atomic E-state index is -4.31. The van der Waals surface area contributed by atoms with Crippen molar-refractivity contribution in [1.29, 1.82) is 0 Å². The third kappa shape index (κ3) is 3.34. The first kappa shape index (κ1) is 12.8. The molecular weight excluding hydrogens is 209 g/mol. The van der Waals surface area contributed by atoms with Crippen molar-refractivity contribution in [1.82, 2.24) is 0 Å². The van der Waals surface area contributed by atoms with E-state index in [4.69, 9.17) is 5.11 Å². The highest BCUT2D eigenvalue weighted by Gasteiger charge is 2.46. The molecule has 1 aliphatic rings. The van der Waals surface area contributed by atoms with Crippen LogP contribution in [0.1, 0.15) is 32.1 Å². The summed E-state index contributed by atoms with van der Waals surface area (Å²) in [6, 6.07) is 0. The van der Waals surface area contributed by atoms with Crippen molar-refractivity contribution in [2.24, 2.45) is 11.8 Å². The molecule has 90 valence electrons. The second-order valence-electron chi connectivity index (χ2n) is 4.18. The van der Waals surface area contributed by atoms with Crippen LogP contribution in [0.15, 0.2) is 0 Å². The van der Waals surface area contributed by atoms with Gasteiger partial charge in [0.2, 0.25) is 0 Å². The number of rotatable bonds is 3. The molecule has 0 amide bonds. The zero-order valence-corrected chi connectivity index (χ0v) is 8.50. The summed E-state index contributed by atoms with van der Waals surface area (Å²) in [7, 11) is 0. The van der Waals surface area contributed by atoms with E-state index in [2.05, 4.69) is 0 Å². The van der Waals surface area contributed by atoms with Gasteiger partial charge in [0.15, 0.2) is 0 Å². The molecule has 0 bridgehead atoms. The van der Waals surface area contributed by atoms with Gasteiger partial charge in [-0.1, -0.05) is 12.8 Å². The zero-order valence-electron chi connectivity index (χ0n) is 8.50. The summed E-state index contributed by atoms with van der Waals surface area (Å²) >= 11 is 0. The smallest absolute Gasteiger partial charge is 0.392 e. The fourth-order valence-corrected chi connectivity index (χ4v) is 2.37. The minimum Gasteiger partial charge on any atom is -0.396 e. The van der Waals surface area contributed by atoms with Gasteiger partial charge in [-0.25, -0.2) is 0 Å². The van der Waals surface area contributed by atoms with E-state index in [1.165, 1.54) is 0 Å². The first-order valence-electron chi connectivity index (χ1n) is 5.32. The normalized spacial score (nSPS) is 30.2. The largest absolute Gasteiger partial charge is 0.396 e. The molecule has 0 aromatic carbocycles. The summed E-state index contributed by atoms with van der Waals surface area (Å²) in [6.45, 7) is -0.479. The molecule has 15 heavy (non-hydrogen) atoms.